The standard InChI is InChI=1S/C8H12N2O3/c1-4(2)5(3)10-7(12)6(11)9-8(10)13/h4-5H,1-3H3,(H,9,11,13). The number of nitrogens with zero attached hydrogens (tertiary/aromatic N) is 1. The Balaban J connectivity index is 2.86. The first-order valence-corrected chi connectivity index (χ1v) is 4.13. The maximum atomic E-state index is 11.2. The van der Waals surface area contributed by atoms with Crippen LogP contribution in [-0.4, -0.2) is 28.8 Å². The van der Waals surface area contributed by atoms with Crippen molar-refractivity contribution >= 4 is 17.8 Å². The van der Waals surface area contributed by atoms with E-state index in [9.17, 15) is 14.4 Å². The van der Waals surface area contributed by atoms with Crippen molar-refractivity contribution in [3.8, 4) is 0 Å². The van der Waals surface area contributed by atoms with Gasteiger partial charge in [-0.05, 0) is 12.8 Å². The number of rotatable bonds is 2. The minimum atomic E-state index is -0.836. The van der Waals surface area contributed by atoms with Crippen LogP contribution in [0.2, 0.25) is 0 Å². The second-order valence-corrected chi connectivity index (χ2v) is 3.42. The van der Waals surface area contributed by atoms with E-state index in [1.54, 1.807) is 6.92 Å². The molecule has 4 amide bonds. The second kappa shape index (κ2) is 3.16. The molecule has 1 unspecified atom stereocenters. The van der Waals surface area contributed by atoms with Crippen LogP contribution >= 0.6 is 0 Å². The van der Waals surface area contributed by atoms with E-state index in [4.69, 9.17) is 0 Å². The van der Waals surface area contributed by atoms with E-state index < -0.39 is 17.8 Å². The Morgan fingerprint density at radius 2 is 1.69 bits per heavy atom. The van der Waals surface area contributed by atoms with Crippen LogP contribution in [0.1, 0.15) is 20.8 Å². The molecular weight excluding hydrogens is 172 g/mol. The van der Waals surface area contributed by atoms with Gasteiger partial charge >= 0.3 is 17.8 Å². The molecule has 13 heavy (non-hydrogen) atoms. The Morgan fingerprint density at radius 3 is 2.00 bits per heavy atom. The molecule has 0 bridgehead atoms. The summed E-state index contributed by atoms with van der Waals surface area (Å²) in [5, 5.41) is 1.95. The summed E-state index contributed by atoms with van der Waals surface area (Å²) in [6, 6.07) is -0.866. The highest BCUT2D eigenvalue weighted by Gasteiger charge is 2.40. The third kappa shape index (κ3) is 1.54. The van der Waals surface area contributed by atoms with E-state index in [0.29, 0.717) is 0 Å². The first kappa shape index (κ1) is 9.70. The lowest BCUT2D eigenvalue weighted by atomic mass is 10.1. The van der Waals surface area contributed by atoms with Gasteiger partial charge in [-0.2, -0.15) is 0 Å². The van der Waals surface area contributed by atoms with Gasteiger partial charge in [0.1, 0.15) is 0 Å². The maximum Gasteiger partial charge on any atom is 0.331 e. The van der Waals surface area contributed by atoms with Crippen molar-refractivity contribution in [2.45, 2.75) is 26.8 Å². The highest BCUT2D eigenvalue weighted by molar-refractivity contribution is 6.44. The van der Waals surface area contributed by atoms with Crippen LogP contribution in [0, 0.1) is 5.92 Å². The zero-order valence-electron chi connectivity index (χ0n) is 7.83. The van der Waals surface area contributed by atoms with Crippen molar-refractivity contribution in [2.75, 3.05) is 0 Å². The van der Waals surface area contributed by atoms with Crippen LogP contribution < -0.4 is 5.32 Å². The third-order valence-electron chi connectivity index (χ3n) is 2.22. The van der Waals surface area contributed by atoms with Crippen LogP contribution in [0.3, 0.4) is 0 Å². The molecule has 1 saturated heterocycles. The predicted octanol–water partition coefficient (Wildman–Crippen LogP) is 0.109. The lowest BCUT2D eigenvalue weighted by molar-refractivity contribution is -0.141. The summed E-state index contributed by atoms with van der Waals surface area (Å²) >= 11 is 0. The number of nitrogens with one attached hydrogen (secondary N) is 1. The molecule has 0 saturated carbocycles. The number of hydrogen-bond donors (Lipinski definition) is 1. The lowest BCUT2D eigenvalue weighted by Gasteiger charge is -2.23. The molecule has 0 aromatic heterocycles. The molecule has 0 radical (unpaired) electrons. The van der Waals surface area contributed by atoms with Crippen LogP contribution in [0.4, 0.5) is 4.79 Å². The van der Waals surface area contributed by atoms with Gasteiger partial charge in [0.05, 0.1) is 0 Å². The van der Waals surface area contributed by atoms with Gasteiger partial charge in [0, 0.05) is 6.04 Å². The van der Waals surface area contributed by atoms with E-state index in [-0.39, 0.29) is 12.0 Å². The molecule has 0 aliphatic carbocycles. The first-order chi connectivity index (χ1) is 5.95. The predicted molar refractivity (Wildman–Crippen MR) is 44.7 cm³/mol. The summed E-state index contributed by atoms with van der Waals surface area (Å²) in [6.45, 7) is 5.50. The molecule has 1 N–H and O–H groups in total. The van der Waals surface area contributed by atoms with E-state index in [1.807, 2.05) is 19.2 Å². The topological polar surface area (TPSA) is 66.5 Å². The van der Waals surface area contributed by atoms with Gasteiger partial charge < -0.3 is 0 Å². The van der Waals surface area contributed by atoms with Crippen molar-refractivity contribution in [3.05, 3.63) is 0 Å². The normalized spacial score (nSPS) is 19.7. The Kier molecular flexibility index (Phi) is 2.36. The molecule has 72 valence electrons. The average Bonchev–Trinajstić information content (AvgIpc) is 2.26. The molecule has 1 fully saturated rings. The fourth-order valence-electron chi connectivity index (χ4n) is 1.08. The summed E-state index contributed by atoms with van der Waals surface area (Å²) in [6.07, 6.45) is 0. The molecule has 1 aliphatic heterocycles. The fourth-order valence-corrected chi connectivity index (χ4v) is 1.08. The number of amides is 4. The Bertz CT molecular complexity index is 273. The molecule has 5 nitrogen and oxygen atoms in total. The van der Waals surface area contributed by atoms with Crippen molar-refractivity contribution < 1.29 is 14.4 Å². The zero-order valence-corrected chi connectivity index (χ0v) is 7.83. The summed E-state index contributed by atoms with van der Waals surface area (Å²) < 4.78 is 0. The van der Waals surface area contributed by atoms with Crippen molar-refractivity contribution in [3.63, 3.8) is 0 Å². The maximum absolute atomic E-state index is 11.2. The summed E-state index contributed by atoms with van der Waals surface area (Å²) in [4.78, 5) is 34.0. The van der Waals surface area contributed by atoms with Gasteiger partial charge in [0.2, 0.25) is 0 Å². The smallest absolute Gasteiger partial charge is 0.269 e. The zero-order chi connectivity index (χ0) is 10.2. The third-order valence-corrected chi connectivity index (χ3v) is 2.22. The van der Waals surface area contributed by atoms with Gasteiger partial charge in [-0.15, -0.1) is 0 Å². The minimum Gasteiger partial charge on any atom is -0.269 e. The van der Waals surface area contributed by atoms with Gasteiger partial charge in [-0.3, -0.25) is 19.8 Å². The number of urea groups is 1. The van der Waals surface area contributed by atoms with E-state index in [2.05, 4.69) is 0 Å². The molecular formula is C8H12N2O3. The van der Waals surface area contributed by atoms with Crippen molar-refractivity contribution in [1.29, 1.82) is 0 Å². The Hall–Kier alpha value is -1.39. The highest BCUT2D eigenvalue weighted by Crippen LogP contribution is 2.13. The molecule has 1 rings (SSSR count). The number of imide groups is 2. The van der Waals surface area contributed by atoms with Crippen molar-refractivity contribution in [2.24, 2.45) is 5.92 Å². The fraction of sp³-hybridized carbons (Fsp3) is 0.625. The Labute approximate surface area is 76.1 Å². The Morgan fingerprint density at radius 1 is 1.15 bits per heavy atom. The number of carbonyl (C=O) groups is 3. The summed E-state index contributed by atoms with van der Waals surface area (Å²) in [5.41, 5.74) is 0. The lowest BCUT2D eigenvalue weighted by Crippen LogP contribution is -2.41. The first-order valence-electron chi connectivity index (χ1n) is 4.13. The molecule has 0 aromatic rings. The average molecular weight is 184 g/mol. The number of hydrogen-bond acceptors (Lipinski definition) is 3. The van der Waals surface area contributed by atoms with Gasteiger partial charge in [-0.1, -0.05) is 13.8 Å². The van der Waals surface area contributed by atoms with Crippen LogP contribution in [0.5, 0.6) is 0 Å². The molecule has 1 atom stereocenters. The largest absolute Gasteiger partial charge is 0.331 e. The van der Waals surface area contributed by atoms with Crippen LogP contribution in [0.25, 0.3) is 0 Å². The summed E-state index contributed by atoms with van der Waals surface area (Å²) in [7, 11) is 0. The quantitative estimate of drug-likeness (QED) is 0.489. The monoisotopic (exact) mass is 184 g/mol. The van der Waals surface area contributed by atoms with Gasteiger partial charge in [0.15, 0.2) is 0 Å². The van der Waals surface area contributed by atoms with E-state index in [0.717, 1.165) is 4.90 Å². The van der Waals surface area contributed by atoms with Gasteiger partial charge in [0.25, 0.3) is 0 Å². The van der Waals surface area contributed by atoms with Crippen LogP contribution in [0.15, 0.2) is 0 Å². The van der Waals surface area contributed by atoms with E-state index in [1.165, 1.54) is 0 Å². The second-order valence-electron chi connectivity index (χ2n) is 3.42. The van der Waals surface area contributed by atoms with Crippen LogP contribution in [-0.2, 0) is 9.59 Å². The van der Waals surface area contributed by atoms with Gasteiger partial charge in [-0.25, -0.2) is 4.79 Å². The van der Waals surface area contributed by atoms with E-state index >= 15 is 0 Å². The number of carbonyl (C=O) groups excluding carboxylic acids is 3. The minimum absolute atomic E-state index is 0.139. The SMILES string of the molecule is CC(C)C(C)N1C(=O)NC(=O)C1=O. The molecule has 5 heteroatoms. The van der Waals surface area contributed by atoms with Crippen molar-refractivity contribution in [1.82, 2.24) is 10.2 Å². The molecule has 0 aromatic carbocycles. The highest BCUT2D eigenvalue weighted by atomic mass is 16.2. The summed E-state index contributed by atoms with van der Waals surface area (Å²) in [5.74, 6) is -1.45. The molecule has 1 aliphatic rings. The molecule has 0 spiro atoms. The molecule has 1 heterocycles.